The number of hydrogen-bond acceptors (Lipinski definition) is 2. The second-order valence-corrected chi connectivity index (χ2v) is 3.99. The van der Waals surface area contributed by atoms with E-state index in [1.54, 1.807) is 14.1 Å². The van der Waals surface area contributed by atoms with Gasteiger partial charge in [0.05, 0.1) is 0 Å². The predicted octanol–water partition coefficient (Wildman–Crippen LogP) is 1.92. The Labute approximate surface area is 109 Å². The van der Waals surface area contributed by atoms with Gasteiger partial charge in [-0.2, -0.15) is 0 Å². The van der Waals surface area contributed by atoms with Gasteiger partial charge in [-0.05, 0) is 18.6 Å². The summed E-state index contributed by atoms with van der Waals surface area (Å²) in [5.41, 5.74) is 2.31. The summed E-state index contributed by atoms with van der Waals surface area (Å²) in [6, 6.07) is 8.22. The first-order chi connectivity index (χ1) is 8.80. The third kappa shape index (κ3) is 2.27. The minimum absolute atomic E-state index is 0.757. The molecule has 1 aromatic carbocycles. The minimum atomic E-state index is 0.757. The molecule has 1 aliphatic rings. The second-order valence-electron chi connectivity index (χ2n) is 3.99. The summed E-state index contributed by atoms with van der Waals surface area (Å²) in [7, 11) is 1.77. The molecule has 0 aromatic heterocycles. The molecule has 0 saturated heterocycles. The highest BCUT2D eigenvalue weighted by molar-refractivity contribution is 6.20. The zero-order valence-corrected chi connectivity index (χ0v) is 10.8. The Kier molecular flexibility index (Phi) is 3.77. The van der Waals surface area contributed by atoms with E-state index >= 15 is 0 Å². The van der Waals surface area contributed by atoms with Crippen molar-refractivity contribution in [1.82, 2.24) is 4.90 Å². The summed E-state index contributed by atoms with van der Waals surface area (Å²) in [6.07, 6.45) is 5.77. The Morgan fingerprint density at radius 1 is 1.44 bits per heavy atom. The van der Waals surface area contributed by atoms with Crippen LogP contribution < -0.4 is 0 Å². The van der Waals surface area contributed by atoms with Gasteiger partial charge in [0.25, 0.3) is 0 Å². The highest BCUT2D eigenvalue weighted by Crippen LogP contribution is 2.18. The quantitative estimate of drug-likeness (QED) is 0.722. The molecule has 0 amide bonds. The van der Waals surface area contributed by atoms with E-state index in [1.807, 2.05) is 31.3 Å². The van der Waals surface area contributed by atoms with E-state index < -0.39 is 0 Å². The number of amidine groups is 2. The molecule has 1 aliphatic heterocycles. The zero-order chi connectivity index (χ0) is 13.0. The fourth-order valence-electron chi connectivity index (χ4n) is 2.02. The third-order valence-corrected chi connectivity index (χ3v) is 2.84. The van der Waals surface area contributed by atoms with Crippen molar-refractivity contribution in [3.63, 3.8) is 0 Å². The van der Waals surface area contributed by atoms with Crippen LogP contribution in [0.25, 0.3) is 0 Å². The summed E-state index contributed by atoms with van der Waals surface area (Å²) in [6.45, 7) is 6.60. The van der Waals surface area contributed by atoms with Crippen molar-refractivity contribution in [3.8, 4) is 0 Å². The molecule has 4 heteroatoms. The molecule has 2 rings (SSSR count). The Morgan fingerprint density at radius 2 is 2.22 bits per heavy atom. The van der Waals surface area contributed by atoms with Crippen LogP contribution in [0.2, 0.25) is 0 Å². The molecule has 1 aromatic rings. The first-order valence-corrected chi connectivity index (χ1v) is 5.95. The lowest BCUT2D eigenvalue weighted by Crippen LogP contribution is -2.22. The second kappa shape index (κ2) is 5.49. The summed E-state index contributed by atoms with van der Waals surface area (Å²) in [4.78, 5) is 10.9. The standard InChI is InChI=1S/C14H16BN3/c1-3-9-18-10-11-7-5-6-8-12(11)14(17-15)16-13(18)4-2/h3-9H,2,10,15H2,1H3/b9-3-,17-14+. The maximum absolute atomic E-state index is 4.58. The topological polar surface area (TPSA) is 28.0 Å². The SMILES string of the molecule is B/N=C1/N=C(C=C)N(/C=C\C)Cc2ccccc21. The van der Waals surface area contributed by atoms with Crippen molar-refractivity contribution in [2.45, 2.75) is 13.5 Å². The first kappa shape index (κ1) is 12.4. The molecule has 3 nitrogen and oxygen atoms in total. The van der Waals surface area contributed by atoms with Crippen molar-refractivity contribution >= 4 is 19.7 Å². The lowest BCUT2D eigenvalue weighted by atomic mass is 10.1. The van der Waals surface area contributed by atoms with Crippen LogP contribution in [0.15, 0.2) is 59.1 Å². The fourth-order valence-corrected chi connectivity index (χ4v) is 2.02. The summed E-state index contributed by atoms with van der Waals surface area (Å²) < 4.78 is 0. The van der Waals surface area contributed by atoms with Gasteiger partial charge in [0.15, 0.2) is 0 Å². The van der Waals surface area contributed by atoms with Crippen LogP contribution in [0.4, 0.5) is 0 Å². The average molecular weight is 237 g/mol. The van der Waals surface area contributed by atoms with Crippen LogP contribution in [0, 0.1) is 0 Å². The van der Waals surface area contributed by atoms with E-state index in [2.05, 4.69) is 33.5 Å². The number of nitrogens with zero attached hydrogens (tertiary/aromatic N) is 3. The number of allylic oxidation sites excluding steroid dienone is 1. The molecule has 0 fully saturated rings. The largest absolute Gasteiger partial charge is 0.335 e. The number of aliphatic imine (C=N–C) groups is 1. The molecular weight excluding hydrogens is 221 g/mol. The average Bonchev–Trinajstić information content (AvgIpc) is 2.55. The van der Waals surface area contributed by atoms with Crippen molar-refractivity contribution in [1.29, 1.82) is 0 Å². The summed E-state index contributed by atoms with van der Waals surface area (Å²) >= 11 is 0. The predicted molar refractivity (Wildman–Crippen MR) is 79.5 cm³/mol. The molecule has 0 atom stereocenters. The van der Waals surface area contributed by atoms with E-state index in [1.165, 1.54) is 5.56 Å². The molecule has 0 saturated carbocycles. The van der Waals surface area contributed by atoms with Crippen LogP contribution in [0.1, 0.15) is 18.1 Å². The maximum atomic E-state index is 4.58. The molecule has 90 valence electrons. The van der Waals surface area contributed by atoms with Gasteiger partial charge < -0.3 is 9.80 Å². The Morgan fingerprint density at radius 3 is 2.89 bits per heavy atom. The van der Waals surface area contributed by atoms with Crippen LogP contribution in [-0.2, 0) is 6.54 Å². The molecule has 0 bridgehead atoms. The first-order valence-electron chi connectivity index (χ1n) is 5.95. The maximum Gasteiger partial charge on any atom is 0.247 e. The third-order valence-electron chi connectivity index (χ3n) is 2.84. The van der Waals surface area contributed by atoms with Gasteiger partial charge in [0.2, 0.25) is 7.98 Å². The highest BCUT2D eigenvalue weighted by Gasteiger charge is 2.17. The molecule has 0 radical (unpaired) electrons. The van der Waals surface area contributed by atoms with Gasteiger partial charge in [0.1, 0.15) is 11.7 Å². The Bertz CT molecular complexity index is 544. The van der Waals surface area contributed by atoms with Crippen molar-refractivity contribution in [3.05, 3.63) is 60.3 Å². The molecule has 0 unspecified atom stereocenters. The van der Waals surface area contributed by atoms with Gasteiger partial charge in [0, 0.05) is 18.3 Å². The molecular formula is C14H16BN3. The number of hydrogen-bond donors (Lipinski definition) is 0. The van der Waals surface area contributed by atoms with Crippen molar-refractivity contribution in [2.24, 2.45) is 9.90 Å². The van der Waals surface area contributed by atoms with Crippen LogP contribution in [0.3, 0.4) is 0 Å². The van der Waals surface area contributed by atoms with Gasteiger partial charge >= 0.3 is 0 Å². The highest BCUT2D eigenvalue weighted by atomic mass is 15.2. The van der Waals surface area contributed by atoms with E-state index in [0.717, 1.165) is 23.8 Å². The van der Waals surface area contributed by atoms with E-state index in [-0.39, 0.29) is 0 Å². The molecule has 18 heavy (non-hydrogen) atoms. The van der Waals surface area contributed by atoms with Crippen LogP contribution in [-0.4, -0.2) is 24.6 Å². The molecule has 0 spiro atoms. The van der Waals surface area contributed by atoms with E-state index in [9.17, 15) is 0 Å². The summed E-state index contributed by atoms with van der Waals surface area (Å²) in [5.74, 6) is 1.58. The minimum Gasteiger partial charge on any atom is -0.335 e. The normalized spacial score (nSPS) is 17.5. The lowest BCUT2D eigenvalue weighted by Gasteiger charge is -2.18. The van der Waals surface area contributed by atoms with Crippen LogP contribution >= 0.6 is 0 Å². The summed E-state index contributed by atoms with van der Waals surface area (Å²) in [5, 5.41) is 0. The van der Waals surface area contributed by atoms with Gasteiger partial charge in [-0.3, -0.25) is 0 Å². The molecule has 0 aliphatic carbocycles. The number of fused-ring (bicyclic) bond motifs is 1. The van der Waals surface area contributed by atoms with E-state index in [0.29, 0.717) is 0 Å². The smallest absolute Gasteiger partial charge is 0.247 e. The monoisotopic (exact) mass is 237 g/mol. The van der Waals surface area contributed by atoms with Gasteiger partial charge in [-0.25, -0.2) is 4.99 Å². The Hall–Kier alpha value is -2.10. The number of rotatable bonds is 2. The molecule has 1 heterocycles. The van der Waals surface area contributed by atoms with Crippen molar-refractivity contribution in [2.75, 3.05) is 0 Å². The molecule has 0 N–H and O–H groups in total. The van der Waals surface area contributed by atoms with Gasteiger partial charge in [-0.15, -0.1) is 0 Å². The number of benzene rings is 1. The fraction of sp³-hybridized carbons (Fsp3) is 0.143. The lowest BCUT2D eigenvalue weighted by molar-refractivity contribution is 0.557. The van der Waals surface area contributed by atoms with Crippen molar-refractivity contribution < 1.29 is 0 Å². The van der Waals surface area contributed by atoms with E-state index in [4.69, 9.17) is 0 Å². The zero-order valence-electron chi connectivity index (χ0n) is 10.8. The van der Waals surface area contributed by atoms with Crippen LogP contribution in [0.5, 0.6) is 0 Å². The van der Waals surface area contributed by atoms with Gasteiger partial charge in [-0.1, -0.05) is 36.9 Å². The Balaban J connectivity index is 2.58.